The van der Waals surface area contributed by atoms with Gasteiger partial charge in [-0.2, -0.15) is 0 Å². The van der Waals surface area contributed by atoms with Crippen molar-refractivity contribution in [2.75, 3.05) is 28.4 Å². The Kier molecular flexibility index (Phi) is 15.4. The van der Waals surface area contributed by atoms with E-state index in [9.17, 15) is 9.59 Å². The lowest BCUT2D eigenvalue weighted by Crippen LogP contribution is -2.60. The Balaban J connectivity index is 1.42. The summed E-state index contributed by atoms with van der Waals surface area (Å²) in [6.07, 6.45) is 21.2. The van der Waals surface area contributed by atoms with Crippen molar-refractivity contribution in [3.05, 3.63) is 80.8 Å². The van der Waals surface area contributed by atoms with Gasteiger partial charge in [0.05, 0.1) is 37.4 Å². The number of allylic oxidation sites excluding steroid dienone is 2. The van der Waals surface area contributed by atoms with Gasteiger partial charge in [-0.3, -0.25) is 0 Å². The maximum Gasteiger partial charge on any atom is 0.341 e. The molecule has 0 aliphatic heterocycles. The number of hydrogen-bond donors (Lipinski definition) is 0. The standard InChI is InChI=1S/C53H74Br2O6/c1-12-36(26-34-28-39(49(56)60-10)47(58-8)44(54)30-34)53(37(13-2)27-35-29-40(50(57)61-11)48(59-9)45(55)31-35)24-15-23-52(7)43-22-25-51(6)41(33(5)17-14-16-32(3)4)19-20-42(51)38(43)18-21-46(52)53/h12-13,28-33,36-38,41-43,46H,1-2,14-27H2,3-11H3/t33-,36+,37?,38+,41-,42+,43+,46+,51-,52-,53?/m1/s1. The normalized spacial score (nSPS) is 30.9. The minimum Gasteiger partial charge on any atom is -0.495 e. The SMILES string of the molecule is C=CC(Cc1cc(Br)c(OC)c(C(=O)OC)c1)C1([C@@H](C=C)Cc2cc(Br)c(OC)c(C(=O)OC)c2)CCC[C@@]2(C)[C@@H]1CC[C@@H]1[C@@H]2CC[C@]2(C)[C@@H]([C@H](C)CCCC(C)C)CC[C@@H]12. The molecule has 0 spiro atoms. The molecule has 61 heavy (non-hydrogen) atoms. The third-order valence-corrected chi connectivity index (χ3v) is 18.5. The van der Waals surface area contributed by atoms with Crippen LogP contribution in [-0.2, 0) is 22.3 Å². The molecule has 0 amide bonds. The number of carbonyl (C=O) groups excluding carboxylic acids is 2. The second-order valence-corrected chi connectivity index (χ2v) is 22.1. The van der Waals surface area contributed by atoms with Gasteiger partial charge >= 0.3 is 11.9 Å². The van der Waals surface area contributed by atoms with E-state index in [2.05, 4.69) is 104 Å². The topological polar surface area (TPSA) is 71.1 Å². The first-order valence-corrected chi connectivity index (χ1v) is 24.8. The quantitative estimate of drug-likeness (QED) is 0.116. The van der Waals surface area contributed by atoms with Crippen LogP contribution in [0.2, 0.25) is 0 Å². The van der Waals surface area contributed by atoms with Crippen molar-refractivity contribution in [1.29, 1.82) is 0 Å². The summed E-state index contributed by atoms with van der Waals surface area (Å²) in [5.74, 6) is 5.30. The lowest BCUT2D eigenvalue weighted by molar-refractivity contribution is -0.176. The molecular formula is C53H74Br2O6. The average Bonchev–Trinajstić information content (AvgIpc) is 3.60. The van der Waals surface area contributed by atoms with Gasteiger partial charge in [0.1, 0.15) is 22.6 Å². The van der Waals surface area contributed by atoms with Gasteiger partial charge in [-0.05, 0) is 201 Å². The van der Waals surface area contributed by atoms with Gasteiger partial charge in [0.25, 0.3) is 0 Å². The molecule has 4 fully saturated rings. The molecular weight excluding hydrogens is 892 g/mol. The van der Waals surface area contributed by atoms with E-state index in [0.29, 0.717) is 52.7 Å². The third kappa shape index (κ3) is 8.82. The fourth-order valence-electron chi connectivity index (χ4n) is 14.8. The third-order valence-electron chi connectivity index (χ3n) is 17.3. The number of methoxy groups -OCH3 is 4. The summed E-state index contributed by atoms with van der Waals surface area (Å²) in [6.45, 7) is 21.9. The summed E-state index contributed by atoms with van der Waals surface area (Å²) in [4.78, 5) is 26.3. The van der Waals surface area contributed by atoms with E-state index in [1.165, 1.54) is 78.4 Å². The number of ether oxygens (including phenoxy) is 4. The second-order valence-electron chi connectivity index (χ2n) is 20.4. The zero-order valence-electron chi connectivity index (χ0n) is 38.7. The minimum atomic E-state index is -0.424. The maximum absolute atomic E-state index is 13.1. The number of carbonyl (C=O) groups is 2. The van der Waals surface area contributed by atoms with Crippen LogP contribution in [0.15, 0.2) is 58.5 Å². The van der Waals surface area contributed by atoms with Crippen LogP contribution < -0.4 is 9.47 Å². The molecule has 0 saturated heterocycles. The molecule has 8 heteroatoms. The molecule has 2 aromatic rings. The van der Waals surface area contributed by atoms with E-state index in [1.807, 2.05) is 12.1 Å². The van der Waals surface area contributed by atoms with Crippen LogP contribution in [0.4, 0.5) is 0 Å². The van der Waals surface area contributed by atoms with E-state index in [1.54, 1.807) is 14.2 Å². The first kappa shape index (κ1) is 47.9. The number of benzene rings is 2. The number of hydrogen-bond acceptors (Lipinski definition) is 6. The van der Waals surface area contributed by atoms with Crippen LogP contribution >= 0.6 is 31.9 Å². The molecule has 6 rings (SSSR count). The number of halogens is 2. The Morgan fingerprint density at radius 2 is 1.26 bits per heavy atom. The van der Waals surface area contributed by atoms with Crippen molar-refractivity contribution in [1.82, 2.24) is 0 Å². The molecule has 11 atom stereocenters. The summed E-state index contributed by atoms with van der Waals surface area (Å²) >= 11 is 7.48. The number of fused-ring (bicyclic) bond motifs is 5. The Hall–Kier alpha value is -2.58. The molecule has 4 aliphatic carbocycles. The smallest absolute Gasteiger partial charge is 0.341 e. The van der Waals surface area contributed by atoms with E-state index in [0.717, 1.165) is 62.5 Å². The first-order valence-electron chi connectivity index (χ1n) is 23.2. The van der Waals surface area contributed by atoms with Crippen molar-refractivity contribution in [2.24, 2.45) is 69.5 Å². The molecule has 4 aliphatic rings. The van der Waals surface area contributed by atoms with E-state index in [-0.39, 0.29) is 22.7 Å². The molecule has 336 valence electrons. The van der Waals surface area contributed by atoms with Gasteiger partial charge in [0, 0.05) is 0 Å². The second kappa shape index (κ2) is 19.7. The van der Waals surface area contributed by atoms with E-state index in [4.69, 9.17) is 18.9 Å². The first-order chi connectivity index (χ1) is 29.1. The molecule has 0 aromatic heterocycles. The lowest BCUT2D eigenvalue weighted by atomic mass is 9.37. The highest BCUT2D eigenvalue weighted by Crippen LogP contribution is 2.73. The van der Waals surface area contributed by atoms with E-state index < -0.39 is 11.9 Å². The summed E-state index contributed by atoms with van der Waals surface area (Å²) in [5.41, 5.74) is 3.28. The highest BCUT2D eigenvalue weighted by Gasteiger charge is 2.65. The summed E-state index contributed by atoms with van der Waals surface area (Å²) in [7, 11) is 5.99. The highest BCUT2D eigenvalue weighted by molar-refractivity contribution is 9.11. The number of rotatable bonds is 17. The van der Waals surface area contributed by atoms with Crippen LogP contribution in [-0.4, -0.2) is 40.4 Å². The van der Waals surface area contributed by atoms with Crippen LogP contribution in [0.1, 0.15) is 144 Å². The van der Waals surface area contributed by atoms with Crippen molar-refractivity contribution in [3.8, 4) is 11.5 Å². The summed E-state index contributed by atoms with van der Waals surface area (Å²) in [6, 6.07) is 8.10. The van der Waals surface area contributed by atoms with Gasteiger partial charge in [0.15, 0.2) is 0 Å². The zero-order chi connectivity index (χ0) is 44.4. The minimum absolute atomic E-state index is 0.0700. The van der Waals surface area contributed by atoms with Crippen LogP contribution in [0.5, 0.6) is 11.5 Å². The Labute approximate surface area is 385 Å². The summed E-state index contributed by atoms with van der Waals surface area (Å²) < 4.78 is 23.3. The van der Waals surface area contributed by atoms with Gasteiger partial charge in [-0.1, -0.05) is 72.5 Å². The highest BCUT2D eigenvalue weighted by atomic mass is 79.9. The van der Waals surface area contributed by atoms with Gasteiger partial charge in [-0.15, -0.1) is 13.2 Å². The zero-order valence-corrected chi connectivity index (χ0v) is 41.9. The maximum atomic E-state index is 13.1. The van der Waals surface area contributed by atoms with Gasteiger partial charge < -0.3 is 18.9 Å². The molecule has 0 radical (unpaired) electrons. The largest absolute Gasteiger partial charge is 0.495 e. The van der Waals surface area contributed by atoms with Crippen LogP contribution in [0.25, 0.3) is 0 Å². The Bertz CT molecular complexity index is 1830. The monoisotopic (exact) mass is 964 g/mol. The Morgan fingerprint density at radius 1 is 0.721 bits per heavy atom. The van der Waals surface area contributed by atoms with Crippen molar-refractivity contribution in [3.63, 3.8) is 0 Å². The molecule has 2 unspecified atom stereocenters. The predicted octanol–water partition coefficient (Wildman–Crippen LogP) is 14.3. The van der Waals surface area contributed by atoms with Crippen molar-refractivity contribution in [2.45, 2.75) is 125 Å². The molecule has 6 nitrogen and oxygen atoms in total. The van der Waals surface area contributed by atoms with Crippen molar-refractivity contribution >= 4 is 43.8 Å². The number of esters is 2. The lowest BCUT2D eigenvalue weighted by Gasteiger charge is -2.67. The average molecular weight is 967 g/mol. The Morgan fingerprint density at radius 3 is 1.75 bits per heavy atom. The summed E-state index contributed by atoms with van der Waals surface area (Å²) in [5, 5.41) is 0. The van der Waals surface area contributed by atoms with E-state index >= 15 is 0 Å². The van der Waals surface area contributed by atoms with Crippen LogP contribution in [0, 0.1) is 69.5 Å². The molecule has 4 saturated carbocycles. The fourth-order valence-corrected chi connectivity index (χ4v) is 16.1. The van der Waals surface area contributed by atoms with Crippen molar-refractivity contribution < 1.29 is 28.5 Å². The fraction of sp³-hybridized carbons (Fsp3) is 0.660. The molecule has 0 heterocycles. The van der Waals surface area contributed by atoms with Crippen LogP contribution in [0.3, 0.4) is 0 Å². The molecule has 0 bridgehead atoms. The van der Waals surface area contributed by atoms with Gasteiger partial charge in [-0.25, -0.2) is 9.59 Å². The molecule has 2 aromatic carbocycles. The van der Waals surface area contributed by atoms with Gasteiger partial charge in [0.2, 0.25) is 0 Å². The molecule has 0 N–H and O–H groups in total. The predicted molar refractivity (Wildman–Crippen MR) is 254 cm³/mol.